The van der Waals surface area contributed by atoms with Gasteiger partial charge in [0.15, 0.2) is 11.5 Å². The Labute approximate surface area is 102 Å². The first-order valence-electron chi connectivity index (χ1n) is 6.45. The Hall–Kier alpha value is -1.22. The van der Waals surface area contributed by atoms with Crippen molar-refractivity contribution in [3.05, 3.63) is 23.8 Å². The van der Waals surface area contributed by atoms with Gasteiger partial charge in [-0.15, -0.1) is 0 Å². The van der Waals surface area contributed by atoms with Crippen molar-refractivity contribution in [1.29, 1.82) is 0 Å². The van der Waals surface area contributed by atoms with Crippen molar-refractivity contribution in [2.75, 3.05) is 19.8 Å². The lowest BCUT2D eigenvalue weighted by Gasteiger charge is -2.43. The highest BCUT2D eigenvalue weighted by atomic mass is 16.6. The molecule has 1 aromatic carbocycles. The molecule has 0 bridgehead atoms. The number of nitrogens with two attached hydrogens (primary N) is 1. The molecule has 0 saturated heterocycles. The van der Waals surface area contributed by atoms with E-state index in [-0.39, 0.29) is 5.41 Å². The molecule has 2 aliphatic rings. The molecule has 17 heavy (non-hydrogen) atoms. The Balaban J connectivity index is 2.01. The molecule has 1 saturated carbocycles. The lowest BCUT2D eigenvalue weighted by molar-refractivity contribution is 0.156. The van der Waals surface area contributed by atoms with E-state index in [2.05, 4.69) is 12.1 Å². The van der Waals surface area contributed by atoms with Gasteiger partial charge in [-0.2, -0.15) is 0 Å². The fourth-order valence-electron chi connectivity index (χ4n) is 3.03. The highest BCUT2D eigenvalue weighted by molar-refractivity contribution is 5.51. The Morgan fingerprint density at radius 1 is 1.18 bits per heavy atom. The van der Waals surface area contributed by atoms with E-state index in [9.17, 15) is 0 Å². The minimum atomic E-state index is 0.251. The zero-order chi connectivity index (χ0) is 11.7. The van der Waals surface area contributed by atoms with Crippen LogP contribution in [-0.4, -0.2) is 19.8 Å². The van der Waals surface area contributed by atoms with Crippen LogP contribution < -0.4 is 15.2 Å². The quantitative estimate of drug-likeness (QED) is 0.870. The predicted molar refractivity (Wildman–Crippen MR) is 66.6 cm³/mol. The fraction of sp³-hybridized carbons (Fsp3) is 0.571. The molecular formula is C14H19NO2. The minimum absolute atomic E-state index is 0.251. The molecule has 2 N–H and O–H groups in total. The number of fused-ring (bicyclic) bond motifs is 1. The summed E-state index contributed by atoms with van der Waals surface area (Å²) in [5.74, 6) is 1.86. The minimum Gasteiger partial charge on any atom is -0.486 e. The van der Waals surface area contributed by atoms with Crippen LogP contribution in [0.3, 0.4) is 0 Å². The van der Waals surface area contributed by atoms with Gasteiger partial charge < -0.3 is 15.2 Å². The second-order valence-corrected chi connectivity index (χ2v) is 5.00. The van der Waals surface area contributed by atoms with E-state index in [1.165, 1.54) is 24.8 Å². The molecule has 1 aromatic rings. The van der Waals surface area contributed by atoms with Gasteiger partial charge in [-0.3, -0.25) is 0 Å². The summed E-state index contributed by atoms with van der Waals surface area (Å²) in [5.41, 5.74) is 7.33. The zero-order valence-corrected chi connectivity index (χ0v) is 10.1. The molecule has 92 valence electrons. The Morgan fingerprint density at radius 2 is 2.00 bits per heavy atom. The molecule has 0 amide bonds. The fourth-order valence-corrected chi connectivity index (χ4v) is 3.03. The smallest absolute Gasteiger partial charge is 0.165 e. The number of rotatable bonds is 3. The molecule has 3 rings (SSSR count). The monoisotopic (exact) mass is 233 g/mol. The first-order chi connectivity index (χ1) is 8.36. The van der Waals surface area contributed by atoms with Crippen molar-refractivity contribution in [3.63, 3.8) is 0 Å². The molecule has 1 aliphatic carbocycles. The van der Waals surface area contributed by atoms with Gasteiger partial charge in [0.2, 0.25) is 0 Å². The molecule has 0 unspecified atom stereocenters. The van der Waals surface area contributed by atoms with E-state index in [1.54, 1.807) is 0 Å². The van der Waals surface area contributed by atoms with Crippen molar-refractivity contribution >= 4 is 0 Å². The third-order valence-corrected chi connectivity index (χ3v) is 4.07. The average molecular weight is 233 g/mol. The summed E-state index contributed by atoms with van der Waals surface area (Å²) in [7, 11) is 0. The summed E-state index contributed by atoms with van der Waals surface area (Å²) >= 11 is 0. The van der Waals surface area contributed by atoms with E-state index >= 15 is 0 Å². The van der Waals surface area contributed by atoms with Gasteiger partial charge in [-0.05, 0) is 31.9 Å². The van der Waals surface area contributed by atoms with Gasteiger partial charge in [0.1, 0.15) is 13.2 Å². The molecule has 1 heterocycles. The third-order valence-electron chi connectivity index (χ3n) is 4.07. The van der Waals surface area contributed by atoms with Crippen LogP contribution in [0, 0.1) is 0 Å². The number of hydrogen-bond acceptors (Lipinski definition) is 3. The van der Waals surface area contributed by atoms with Gasteiger partial charge in [-0.25, -0.2) is 0 Å². The maximum absolute atomic E-state index is 5.82. The first-order valence-corrected chi connectivity index (χ1v) is 6.45. The predicted octanol–water partition coefficient (Wildman–Crippen LogP) is 2.23. The van der Waals surface area contributed by atoms with Crippen molar-refractivity contribution in [1.82, 2.24) is 0 Å². The Morgan fingerprint density at radius 3 is 2.71 bits per heavy atom. The number of benzene rings is 1. The number of hydrogen-bond donors (Lipinski definition) is 1. The highest BCUT2D eigenvalue weighted by Gasteiger charge is 2.41. The lowest BCUT2D eigenvalue weighted by Crippen LogP contribution is -2.37. The van der Waals surface area contributed by atoms with Gasteiger partial charge in [0.05, 0.1) is 0 Å². The maximum Gasteiger partial charge on any atom is 0.165 e. The Bertz CT molecular complexity index is 413. The van der Waals surface area contributed by atoms with E-state index in [1.807, 2.05) is 6.07 Å². The first kappa shape index (κ1) is 10.9. The molecular weight excluding hydrogens is 214 g/mol. The summed E-state index contributed by atoms with van der Waals surface area (Å²) in [6, 6.07) is 6.24. The Kier molecular flexibility index (Phi) is 2.71. The highest BCUT2D eigenvalue weighted by Crippen LogP contribution is 2.51. The normalized spacial score (nSPS) is 20.8. The molecule has 0 radical (unpaired) electrons. The van der Waals surface area contributed by atoms with Crippen molar-refractivity contribution < 1.29 is 9.47 Å². The zero-order valence-electron chi connectivity index (χ0n) is 10.1. The van der Waals surface area contributed by atoms with Crippen LogP contribution in [0.15, 0.2) is 18.2 Å². The van der Waals surface area contributed by atoms with Crippen LogP contribution in [0.2, 0.25) is 0 Å². The summed E-state index contributed by atoms with van der Waals surface area (Å²) in [6.07, 6.45) is 4.80. The number of para-hydroxylation sites is 1. The van der Waals surface area contributed by atoms with Crippen LogP contribution in [-0.2, 0) is 5.41 Å². The van der Waals surface area contributed by atoms with Crippen LogP contribution in [0.25, 0.3) is 0 Å². The SMILES string of the molecule is NCCC1(c2cccc3c2OCCO3)CCC1. The summed E-state index contributed by atoms with van der Waals surface area (Å²) in [6.45, 7) is 2.05. The average Bonchev–Trinajstić information content (AvgIpc) is 2.33. The molecule has 0 atom stereocenters. The standard InChI is InChI=1S/C14H19NO2/c15-8-7-14(5-2-6-14)11-3-1-4-12-13(11)17-10-9-16-12/h1,3-4H,2,5-10,15H2. The van der Waals surface area contributed by atoms with Crippen molar-refractivity contribution in [2.24, 2.45) is 5.73 Å². The molecule has 0 aromatic heterocycles. The van der Waals surface area contributed by atoms with E-state index in [0.29, 0.717) is 13.2 Å². The van der Waals surface area contributed by atoms with Crippen LogP contribution in [0.5, 0.6) is 11.5 Å². The second-order valence-electron chi connectivity index (χ2n) is 5.00. The maximum atomic E-state index is 5.82. The summed E-state index contributed by atoms with van der Waals surface area (Å²) in [5, 5.41) is 0. The molecule has 3 nitrogen and oxygen atoms in total. The molecule has 3 heteroatoms. The van der Waals surface area contributed by atoms with Crippen LogP contribution >= 0.6 is 0 Å². The largest absolute Gasteiger partial charge is 0.486 e. The van der Waals surface area contributed by atoms with Crippen molar-refractivity contribution in [3.8, 4) is 11.5 Å². The van der Waals surface area contributed by atoms with E-state index < -0.39 is 0 Å². The van der Waals surface area contributed by atoms with E-state index in [0.717, 1.165) is 24.5 Å². The van der Waals surface area contributed by atoms with Crippen LogP contribution in [0.1, 0.15) is 31.2 Å². The second kappa shape index (κ2) is 4.22. The van der Waals surface area contributed by atoms with Gasteiger partial charge >= 0.3 is 0 Å². The molecule has 1 fully saturated rings. The topological polar surface area (TPSA) is 44.5 Å². The molecule has 1 aliphatic heterocycles. The lowest BCUT2D eigenvalue weighted by atomic mass is 9.62. The van der Waals surface area contributed by atoms with Gasteiger partial charge in [-0.1, -0.05) is 18.6 Å². The van der Waals surface area contributed by atoms with Crippen LogP contribution in [0.4, 0.5) is 0 Å². The summed E-state index contributed by atoms with van der Waals surface area (Å²) in [4.78, 5) is 0. The summed E-state index contributed by atoms with van der Waals surface area (Å²) < 4.78 is 11.5. The third kappa shape index (κ3) is 1.69. The van der Waals surface area contributed by atoms with E-state index in [4.69, 9.17) is 15.2 Å². The number of ether oxygens (including phenoxy) is 2. The van der Waals surface area contributed by atoms with Gasteiger partial charge in [0.25, 0.3) is 0 Å². The molecule has 0 spiro atoms. The van der Waals surface area contributed by atoms with Crippen molar-refractivity contribution in [2.45, 2.75) is 31.1 Å². The van der Waals surface area contributed by atoms with Gasteiger partial charge in [0, 0.05) is 11.0 Å².